The molecule has 21 heavy (non-hydrogen) atoms. The molecule has 0 heterocycles. The number of benzene rings is 2. The predicted octanol–water partition coefficient (Wildman–Crippen LogP) is 2.72. The Morgan fingerprint density at radius 2 is 2.00 bits per heavy atom. The fourth-order valence-electron chi connectivity index (χ4n) is 1.81. The van der Waals surface area contributed by atoms with E-state index in [1.807, 2.05) is 0 Å². The molecular weight excluding hydrogens is 279 g/mol. The summed E-state index contributed by atoms with van der Waals surface area (Å²) in [7, 11) is 1.44. The van der Waals surface area contributed by atoms with Crippen molar-refractivity contribution >= 4 is 17.3 Å². The van der Waals surface area contributed by atoms with E-state index in [1.165, 1.54) is 36.2 Å². The number of amides is 1. The number of carbonyl (C=O) groups is 1. The zero-order valence-corrected chi connectivity index (χ0v) is 11.0. The third-order valence-corrected chi connectivity index (χ3v) is 2.92. The Labute approximate surface area is 119 Å². The van der Waals surface area contributed by atoms with Gasteiger partial charge in [0.2, 0.25) is 0 Å². The molecule has 108 valence electrons. The van der Waals surface area contributed by atoms with Gasteiger partial charge in [-0.05, 0) is 30.3 Å². The molecule has 6 nitrogen and oxygen atoms in total. The molecule has 2 aromatic carbocycles. The fraction of sp³-hybridized carbons (Fsp3) is 0.0714. The highest BCUT2D eigenvalue weighted by Gasteiger charge is 2.19. The molecule has 0 aromatic heterocycles. The zero-order valence-electron chi connectivity index (χ0n) is 11.0. The van der Waals surface area contributed by atoms with Gasteiger partial charge in [0.25, 0.3) is 5.91 Å². The number of halogens is 1. The Hall–Kier alpha value is -2.96. The van der Waals surface area contributed by atoms with Crippen LogP contribution in [0.3, 0.4) is 0 Å². The van der Waals surface area contributed by atoms with E-state index in [-0.39, 0.29) is 5.56 Å². The summed E-state index contributed by atoms with van der Waals surface area (Å²) in [5.41, 5.74) is -0.0948. The molecule has 0 atom stereocenters. The standard InChI is InChI=1S/C14H11FN2O4/c1-16(11-4-2-3-10(15)8-11)14(19)9-5-6-12(17(20)21)13(18)7-9/h2-8,18H,1H3. The lowest BCUT2D eigenvalue weighted by Crippen LogP contribution is -2.26. The summed E-state index contributed by atoms with van der Waals surface area (Å²) in [6, 6.07) is 8.73. The molecule has 1 amide bonds. The van der Waals surface area contributed by atoms with Gasteiger partial charge >= 0.3 is 5.69 Å². The first-order chi connectivity index (χ1) is 9.90. The maximum atomic E-state index is 13.1. The number of nitrogens with zero attached hydrogens (tertiary/aromatic N) is 2. The van der Waals surface area contributed by atoms with Crippen LogP contribution in [0.5, 0.6) is 5.75 Å². The van der Waals surface area contributed by atoms with Crippen LogP contribution in [0.1, 0.15) is 10.4 Å². The van der Waals surface area contributed by atoms with Crippen LogP contribution in [0.2, 0.25) is 0 Å². The number of anilines is 1. The molecule has 7 heteroatoms. The molecule has 0 fully saturated rings. The second kappa shape index (κ2) is 5.58. The third kappa shape index (κ3) is 2.97. The van der Waals surface area contributed by atoms with Gasteiger partial charge in [0.1, 0.15) is 5.82 Å². The predicted molar refractivity (Wildman–Crippen MR) is 73.9 cm³/mol. The normalized spacial score (nSPS) is 10.2. The topological polar surface area (TPSA) is 83.7 Å². The highest BCUT2D eigenvalue weighted by molar-refractivity contribution is 6.06. The highest BCUT2D eigenvalue weighted by Crippen LogP contribution is 2.27. The molecule has 0 saturated carbocycles. The van der Waals surface area contributed by atoms with E-state index < -0.39 is 28.1 Å². The van der Waals surface area contributed by atoms with Crippen molar-refractivity contribution in [1.82, 2.24) is 0 Å². The number of nitro groups is 1. The number of hydrogen-bond acceptors (Lipinski definition) is 4. The highest BCUT2D eigenvalue weighted by atomic mass is 19.1. The second-order valence-corrected chi connectivity index (χ2v) is 4.30. The molecule has 2 aromatic rings. The van der Waals surface area contributed by atoms with Gasteiger partial charge in [-0.3, -0.25) is 14.9 Å². The first-order valence-electron chi connectivity index (χ1n) is 5.91. The Morgan fingerprint density at radius 1 is 1.29 bits per heavy atom. The van der Waals surface area contributed by atoms with Crippen LogP contribution < -0.4 is 4.90 Å². The summed E-state index contributed by atoms with van der Waals surface area (Å²) in [6.45, 7) is 0. The summed E-state index contributed by atoms with van der Waals surface area (Å²) in [5.74, 6) is -1.61. The first kappa shape index (κ1) is 14.4. The van der Waals surface area contributed by atoms with Crippen molar-refractivity contribution in [2.45, 2.75) is 0 Å². The minimum atomic E-state index is -0.750. The van der Waals surface area contributed by atoms with Gasteiger partial charge < -0.3 is 10.0 Å². The number of hydrogen-bond donors (Lipinski definition) is 1. The second-order valence-electron chi connectivity index (χ2n) is 4.30. The van der Waals surface area contributed by atoms with Gasteiger partial charge in [0, 0.05) is 24.4 Å². The van der Waals surface area contributed by atoms with E-state index in [0.717, 1.165) is 12.1 Å². The van der Waals surface area contributed by atoms with Crippen molar-refractivity contribution in [2.75, 3.05) is 11.9 Å². The van der Waals surface area contributed by atoms with Crippen molar-refractivity contribution in [3.05, 3.63) is 64.0 Å². The van der Waals surface area contributed by atoms with Crippen LogP contribution >= 0.6 is 0 Å². The van der Waals surface area contributed by atoms with E-state index in [0.29, 0.717) is 5.69 Å². The quantitative estimate of drug-likeness (QED) is 0.695. The van der Waals surface area contributed by atoms with Gasteiger partial charge in [-0.25, -0.2) is 4.39 Å². The van der Waals surface area contributed by atoms with Gasteiger partial charge in [0.15, 0.2) is 5.75 Å². The number of aromatic hydroxyl groups is 1. The summed E-state index contributed by atoms with van der Waals surface area (Å²) in [6.07, 6.45) is 0. The average Bonchev–Trinajstić information content (AvgIpc) is 2.45. The molecule has 0 spiro atoms. The van der Waals surface area contributed by atoms with Crippen LogP contribution in [-0.2, 0) is 0 Å². The third-order valence-electron chi connectivity index (χ3n) is 2.92. The summed E-state index contributed by atoms with van der Waals surface area (Å²) in [4.78, 5) is 23.3. The van der Waals surface area contributed by atoms with Gasteiger partial charge in [0.05, 0.1) is 4.92 Å². The maximum absolute atomic E-state index is 13.1. The van der Waals surface area contributed by atoms with Crippen LogP contribution in [0, 0.1) is 15.9 Å². The Kier molecular flexibility index (Phi) is 3.84. The summed E-state index contributed by atoms with van der Waals surface area (Å²) in [5, 5.41) is 20.1. The molecule has 2 rings (SSSR count). The van der Waals surface area contributed by atoms with Gasteiger partial charge in [-0.15, -0.1) is 0 Å². The van der Waals surface area contributed by atoms with Gasteiger partial charge in [-0.1, -0.05) is 6.07 Å². The summed E-state index contributed by atoms with van der Waals surface area (Å²) >= 11 is 0. The SMILES string of the molecule is CN(C(=O)c1ccc([N+](=O)[O-])c(O)c1)c1cccc(F)c1. The molecule has 0 saturated heterocycles. The maximum Gasteiger partial charge on any atom is 0.310 e. The Bertz CT molecular complexity index is 718. The molecular formula is C14H11FN2O4. The van der Waals surface area contributed by atoms with E-state index in [2.05, 4.69) is 0 Å². The lowest BCUT2D eigenvalue weighted by atomic mass is 10.1. The van der Waals surface area contributed by atoms with Crippen molar-refractivity contribution in [2.24, 2.45) is 0 Å². The lowest BCUT2D eigenvalue weighted by molar-refractivity contribution is -0.385. The van der Waals surface area contributed by atoms with Crippen molar-refractivity contribution in [3.8, 4) is 5.75 Å². The van der Waals surface area contributed by atoms with Crippen LogP contribution in [-0.4, -0.2) is 23.0 Å². The average molecular weight is 290 g/mol. The van der Waals surface area contributed by atoms with E-state index >= 15 is 0 Å². The molecule has 0 bridgehead atoms. The van der Waals surface area contributed by atoms with Crippen LogP contribution in [0.15, 0.2) is 42.5 Å². The first-order valence-corrected chi connectivity index (χ1v) is 5.91. The Balaban J connectivity index is 2.32. The summed E-state index contributed by atoms with van der Waals surface area (Å²) < 4.78 is 13.1. The molecule has 0 unspecified atom stereocenters. The van der Waals surface area contributed by atoms with Crippen molar-refractivity contribution in [3.63, 3.8) is 0 Å². The molecule has 0 radical (unpaired) electrons. The van der Waals surface area contributed by atoms with Crippen molar-refractivity contribution < 1.29 is 19.2 Å². The monoisotopic (exact) mass is 290 g/mol. The Morgan fingerprint density at radius 3 is 2.57 bits per heavy atom. The minimum Gasteiger partial charge on any atom is -0.502 e. The number of phenols is 1. The number of nitro benzene ring substituents is 1. The number of rotatable bonds is 3. The van der Waals surface area contributed by atoms with Gasteiger partial charge in [-0.2, -0.15) is 0 Å². The number of carbonyl (C=O) groups excluding carboxylic acids is 1. The number of phenolic OH excluding ortho intramolecular Hbond substituents is 1. The van der Waals surface area contributed by atoms with E-state index in [1.54, 1.807) is 6.07 Å². The molecule has 0 aliphatic carbocycles. The van der Waals surface area contributed by atoms with E-state index in [4.69, 9.17) is 0 Å². The zero-order chi connectivity index (χ0) is 15.6. The van der Waals surface area contributed by atoms with Crippen molar-refractivity contribution in [1.29, 1.82) is 0 Å². The molecule has 0 aliphatic rings. The van der Waals surface area contributed by atoms with Crippen LogP contribution in [0.25, 0.3) is 0 Å². The van der Waals surface area contributed by atoms with Crippen LogP contribution in [0.4, 0.5) is 15.8 Å². The molecule has 1 N–H and O–H groups in total. The largest absolute Gasteiger partial charge is 0.502 e. The molecule has 0 aliphatic heterocycles. The fourth-order valence-corrected chi connectivity index (χ4v) is 1.81. The minimum absolute atomic E-state index is 0.0601. The smallest absolute Gasteiger partial charge is 0.310 e. The lowest BCUT2D eigenvalue weighted by Gasteiger charge is -2.17. The van der Waals surface area contributed by atoms with E-state index in [9.17, 15) is 24.4 Å².